The molecule has 2 saturated heterocycles. The Morgan fingerprint density at radius 2 is 1.87 bits per heavy atom. The summed E-state index contributed by atoms with van der Waals surface area (Å²) in [6.07, 6.45) is 3.91. The average molecular weight is 569 g/mol. The van der Waals surface area contributed by atoms with E-state index < -0.39 is 0 Å². The SMILES string of the molecule is Cc1cc(OC(C)C)c(Nc2ncc(Cl)c(Nc3ccccc3SN3CCOCC3)n2)cc1C1CCNCC1. The van der Waals surface area contributed by atoms with Crippen LogP contribution in [0.25, 0.3) is 0 Å². The van der Waals surface area contributed by atoms with Gasteiger partial charge in [0.1, 0.15) is 10.8 Å². The summed E-state index contributed by atoms with van der Waals surface area (Å²) in [7, 11) is 0. The van der Waals surface area contributed by atoms with Crippen molar-refractivity contribution < 1.29 is 9.47 Å². The van der Waals surface area contributed by atoms with Gasteiger partial charge in [-0.25, -0.2) is 9.29 Å². The molecule has 1 aromatic heterocycles. The molecule has 39 heavy (non-hydrogen) atoms. The lowest BCUT2D eigenvalue weighted by Gasteiger charge is -2.26. The summed E-state index contributed by atoms with van der Waals surface area (Å²) in [6, 6.07) is 12.5. The van der Waals surface area contributed by atoms with Crippen LogP contribution in [0.2, 0.25) is 5.02 Å². The zero-order valence-electron chi connectivity index (χ0n) is 22.8. The van der Waals surface area contributed by atoms with Crippen molar-refractivity contribution in [2.24, 2.45) is 0 Å². The quantitative estimate of drug-likeness (QED) is 0.250. The Bertz CT molecular complexity index is 1260. The highest BCUT2D eigenvalue weighted by Gasteiger charge is 2.21. The standard InChI is InChI=1S/C29H37ClN6O2S/c1-19(2)38-26-16-20(3)22(21-8-10-31-11-9-21)17-25(26)34-29-32-18-23(30)28(35-29)33-24-6-4-5-7-27(24)39-36-12-14-37-15-13-36/h4-7,16-19,21,31H,8-15H2,1-3H3,(H2,32,33,34,35). The monoisotopic (exact) mass is 568 g/mol. The predicted molar refractivity (Wildman–Crippen MR) is 160 cm³/mol. The Labute approximate surface area is 240 Å². The number of aryl methyl sites for hydroxylation is 1. The molecule has 3 heterocycles. The van der Waals surface area contributed by atoms with Gasteiger partial charge in [-0.3, -0.25) is 0 Å². The number of para-hydroxylation sites is 1. The van der Waals surface area contributed by atoms with Crippen LogP contribution in [-0.2, 0) is 4.74 Å². The van der Waals surface area contributed by atoms with Gasteiger partial charge >= 0.3 is 0 Å². The number of piperidine rings is 1. The number of morpholine rings is 1. The number of halogens is 1. The second kappa shape index (κ2) is 13.2. The van der Waals surface area contributed by atoms with Crippen LogP contribution in [0.5, 0.6) is 5.75 Å². The van der Waals surface area contributed by atoms with Gasteiger partial charge in [0.15, 0.2) is 5.82 Å². The lowest BCUT2D eigenvalue weighted by Crippen LogP contribution is -2.30. The van der Waals surface area contributed by atoms with E-state index in [-0.39, 0.29) is 6.10 Å². The highest BCUT2D eigenvalue weighted by Crippen LogP contribution is 2.38. The molecule has 5 rings (SSSR count). The number of aromatic nitrogens is 2. The third-order valence-electron chi connectivity index (χ3n) is 6.84. The predicted octanol–water partition coefficient (Wildman–Crippen LogP) is 6.52. The van der Waals surface area contributed by atoms with Gasteiger partial charge in [0, 0.05) is 18.0 Å². The molecule has 2 aromatic carbocycles. The molecule has 2 aliphatic rings. The molecule has 10 heteroatoms. The fraction of sp³-hybridized carbons (Fsp3) is 0.448. The number of nitrogens with zero attached hydrogens (tertiary/aromatic N) is 3. The lowest BCUT2D eigenvalue weighted by molar-refractivity contribution is 0.0773. The van der Waals surface area contributed by atoms with Gasteiger partial charge in [-0.2, -0.15) is 4.98 Å². The van der Waals surface area contributed by atoms with Crippen LogP contribution >= 0.6 is 23.5 Å². The molecule has 0 amide bonds. The fourth-order valence-corrected chi connectivity index (χ4v) is 6.01. The van der Waals surface area contributed by atoms with Crippen molar-refractivity contribution in [1.29, 1.82) is 0 Å². The van der Waals surface area contributed by atoms with Crippen molar-refractivity contribution in [1.82, 2.24) is 19.6 Å². The molecule has 0 spiro atoms. The van der Waals surface area contributed by atoms with E-state index in [1.807, 2.05) is 32.0 Å². The van der Waals surface area contributed by atoms with E-state index in [1.165, 1.54) is 11.1 Å². The van der Waals surface area contributed by atoms with Crippen LogP contribution in [0.3, 0.4) is 0 Å². The Morgan fingerprint density at radius 1 is 1.10 bits per heavy atom. The van der Waals surface area contributed by atoms with Gasteiger partial charge in [0.25, 0.3) is 0 Å². The van der Waals surface area contributed by atoms with Gasteiger partial charge < -0.3 is 25.4 Å². The van der Waals surface area contributed by atoms with Gasteiger partial charge in [-0.05, 0) is 100.0 Å². The molecule has 3 aromatic rings. The van der Waals surface area contributed by atoms with Crippen LogP contribution in [0.4, 0.5) is 23.1 Å². The first-order valence-corrected chi connectivity index (χ1v) is 14.8. The van der Waals surface area contributed by atoms with Crippen molar-refractivity contribution >= 4 is 46.7 Å². The summed E-state index contributed by atoms with van der Waals surface area (Å²) in [5.41, 5.74) is 4.39. The summed E-state index contributed by atoms with van der Waals surface area (Å²) in [4.78, 5) is 10.4. The van der Waals surface area contributed by atoms with Crippen LogP contribution < -0.4 is 20.7 Å². The molecule has 0 atom stereocenters. The Balaban J connectivity index is 1.40. The smallest absolute Gasteiger partial charge is 0.229 e. The minimum Gasteiger partial charge on any atom is -0.489 e. The number of nitrogens with one attached hydrogen (secondary N) is 3. The van der Waals surface area contributed by atoms with E-state index >= 15 is 0 Å². The van der Waals surface area contributed by atoms with E-state index in [1.54, 1.807) is 18.1 Å². The van der Waals surface area contributed by atoms with Crippen LogP contribution in [0.1, 0.15) is 43.7 Å². The van der Waals surface area contributed by atoms with Crippen molar-refractivity contribution in [2.75, 3.05) is 50.0 Å². The van der Waals surface area contributed by atoms with Crippen LogP contribution in [0, 0.1) is 6.92 Å². The van der Waals surface area contributed by atoms with E-state index in [9.17, 15) is 0 Å². The van der Waals surface area contributed by atoms with Gasteiger partial charge in [-0.15, -0.1) is 0 Å². The number of ether oxygens (including phenoxy) is 2. The average Bonchev–Trinajstić information content (AvgIpc) is 2.94. The summed E-state index contributed by atoms with van der Waals surface area (Å²) in [5.74, 6) is 2.30. The maximum absolute atomic E-state index is 6.56. The van der Waals surface area contributed by atoms with Crippen molar-refractivity contribution in [3.8, 4) is 5.75 Å². The molecule has 0 radical (unpaired) electrons. The van der Waals surface area contributed by atoms with Gasteiger partial charge in [0.05, 0.1) is 36.9 Å². The number of rotatable bonds is 9. The third kappa shape index (κ3) is 7.35. The largest absolute Gasteiger partial charge is 0.489 e. The molecule has 0 unspecified atom stereocenters. The molecule has 3 N–H and O–H groups in total. The zero-order valence-corrected chi connectivity index (χ0v) is 24.4. The Kier molecular flexibility index (Phi) is 9.47. The highest BCUT2D eigenvalue weighted by atomic mass is 35.5. The molecule has 208 valence electrons. The van der Waals surface area contributed by atoms with Crippen molar-refractivity contribution in [3.63, 3.8) is 0 Å². The number of anilines is 4. The summed E-state index contributed by atoms with van der Waals surface area (Å²) < 4.78 is 14.0. The molecule has 0 saturated carbocycles. The first-order valence-electron chi connectivity index (χ1n) is 13.6. The zero-order chi connectivity index (χ0) is 27.2. The summed E-state index contributed by atoms with van der Waals surface area (Å²) >= 11 is 8.28. The van der Waals surface area contributed by atoms with Crippen LogP contribution in [-0.4, -0.2) is 59.8 Å². The number of benzene rings is 2. The molecule has 2 fully saturated rings. The second-order valence-electron chi connectivity index (χ2n) is 10.2. The van der Waals surface area contributed by atoms with Crippen molar-refractivity contribution in [2.45, 2.75) is 50.5 Å². The summed E-state index contributed by atoms with van der Waals surface area (Å²) in [5, 5.41) is 10.8. The molecule has 2 aliphatic heterocycles. The maximum atomic E-state index is 6.56. The first-order chi connectivity index (χ1) is 19.0. The number of hydrogen-bond donors (Lipinski definition) is 3. The van der Waals surface area contributed by atoms with Crippen molar-refractivity contribution in [3.05, 3.63) is 58.7 Å². The van der Waals surface area contributed by atoms with E-state index in [0.717, 1.165) is 74.3 Å². The third-order valence-corrected chi connectivity index (χ3v) is 8.29. The highest BCUT2D eigenvalue weighted by molar-refractivity contribution is 7.97. The maximum Gasteiger partial charge on any atom is 0.229 e. The normalized spacial score (nSPS) is 16.8. The Morgan fingerprint density at radius 3 is 2.64 bits per heavy atom. The first kappa shape index (κ1) is 28.0. The van der Waals surface area contributed by atoms with Gasteiger partial charge in [0.2, 0.25) is 5.95 Å². The van der Waals surface area contributed by atoms with Crippen LogP contribution in [0.15, 0.2) is 47.5 Å². The molecular formula is C29H37ClN6O2S. The lowest BCUT2D eigenvalue weighted by atomic mass is 9.87. The molecular weight excluding hydrogens is 532 g/mol. The number of hydrogen-bond acceptors (Lipinski definition) is 9. The van der Waals surface area contributed by atoms with Gasteiger partial charge in [-0.1, -0.05) is 23.7 Å². The minimum absolute atomic E-state index is 0.0403. The van der Waals surface area contributed by atoms with E-state index in [4.69, 9.17) is 26.1 Å². The van der Waals surface area contributed by atoms with E-state index in [2.05, 4.69) is 50.4 Å². The summed E-state index contributed by atoms with van der Waals surface area (Å²) in [6.45, 7) is 11.6. The molecule has 0 aliphatic carbocycles. The molecule has 0 bridgehead atoms. The molecule has 8 nitrogen and oxygen atoms in total. The second-order valence-corrected chi connectivity index (χ2v) is 11.7. The Hall–Kier alpha value is -2.56. The minimum atomic E-state index is 0.0403. The van der Waals surface area contributed by atoms with E-state index in [0.29, 0.717) is 22.7 Å². The topological polar surface area (TPSA) is 83.6 Å². The fourth-order valence-electron chi connectivity index (χ4n) is 4.91.